The van der Waals surface area contributed by atoms with E-state index in [1.165, 1.54) is 52.0 Å². The highest BCUT2D eigenvalue weighted by molar-refractivity contribution is 5.29. The molecule has 1 unspecified atom stereocenters. The van der Waals surface area contributed by atoms with Crippen LogP contribution in [-0.4, -0.2) is 42.0 Å². The van der Waals surface area contributed by atoms with Gasteiger partial charge in [0.1, 0.15) is 0 Å². The summed E-state index contributed by atoms with van der Waals surface area (Å²) in [6, 6.07) is 9.84. The van der Waals surface area contributed by atoms with E-state index < -0.39 is 0 Å². The van der Waals surface area contributed by atoms with Gasteiger partial charge in [0.15, 0.2) is 0 Å². The van der Waals surface area contributed by atoms with Gasteiger partial charge in [-0.1, -0.05) is 24.3 Å². The summed E-state index contributed by atoms with van der Waals surface area (Å²) < 4.78 is 0. The van der Waals surface area contributed by atoms with Crippen molar-refractivity contribution < 1.29 is 0 Å². The van der Waals surface area contributed by atoms with Crippen molar-refractivity contribution in [2.75, 3.05) is 26.2 Å². The molecule has 3 fully saturated rings. The molecule has 4 aliphatic heterocycles. The summed E-state index contributed by atoms with van der Waals surface area (Å²) in [5.74, 6) is 0.972. The lowest BCUT2D eigenvalue weighted by atomic mass is 9.82. The second kappa shape index (κ2) is 4.36. The van der Waals surface area contributed by atoms with Crippen LogP contribution in [0.4, 0.5) is 0 Å². The van der Waals surface area contributed by atoms with Gasteiger partial charge in [-0.15, -0.1) is 0 Å². The predicted octanol–water partition coefficient (Wildman–Crippen LogP) is 2.14. The van der Waals surface area contributed by atoms with Crippen LogP contribution in [0.2, 0.25) is 0 Å². The fourth-order valence-corrected chi connectivity index (χ4v) is 4.15. The highest BCUT2D eigenvalue weighted by Gasteiger charge is 2.38. The third-order valence-electron chi connectivity index (χ3n) is 5.25. The number of benzene rings is 1. The molecule has 4 aliphatic rings. The van der Waals surface area contributed by atoms with Crippen LogP contribution in [0, 0.1) is 5.92 Å². The van der Waals surface area contributed by atoms with Gasteiger partial charge >= 0.3 is 0 Å². The molecule has 2 nitrogen and oxygen atoms in total. The van der Waals surface area contributed by atoms with Gasteiger partial charge < -0.3 is 4.90 Å². The topological polar surface area (TPSA) is 6.48 Å². The molecular weight excluding hydrogens is 220 g/mol. The van der Waals surface area contributed by atoms with Gasteiger partial charge in [-0.25, -0.2) is 0 Å². The molecule has 5 rings (SSSR count). The lowest BCUT2D eigenvalue weighted by molar-refractivity contribution is -0.000823. The summed E-state index contributed by atoms with van der Waals surface area (Å²) in [5.41, 5.74) is 3.15. The van der Waals surface area contributed by atoms with Crippen LogP contribution in [-0.2, 0) is 13.0 Å². The zero-order chi connectivity index (χ0) is 11.9. The van der Waals surface area contributed by atoms with Gasteiger partial charge in [0.2, 0.25) is 0 Å². The molecular formula is C16H22N2. The third kappa shape index (κ3) is 1.79. The van der Waals surface area contributed by atoms with Gasteiger partial charge in [0, 0.05) is 25.7 Å². The van der Waals surface area contributed by atoms with E-state index in [4.69, 9.17) is 0 Å². The Morgan fingerprint density at radius 2 is 1.72 bits per heavy atom. The van der Waals surface area contributed by atoms with Crippen LogP contribution in [0.3, 0.4) is 0 Å². The first-order valence-corrected chi connectivity index (χ1v) is 7.43. The van der Waals surface area contributed by atoms with Gasteiger partial charge in [-0.3, -0.25) is 4.90 Å². The van der Waals surface area contributed by atoms with Crippen molar-refractivity contribution in [3.8, 4) is 0 Å². The Kier molecular flexibility index (Phi) is 2.66. The Hall–Kier alpha value is -0.860. The molecule has 1 aromatic carbocycles. The van der Waals surface area contributed by atoms with E-state index in [9.17, 15) is 0 Å². The lowest BCUT2D eigenvalue weighted by Crippen LogP contribution is -2.58. The van der Waals surface area contributed by atoms with Crippen molar-refractivity contribution in [1.82, 2.24) is 9.80 Å². The first-order valence-electron chi connectivity index (χ1n) is 7.43. The van der Waals surface area contributed by atoms with Crippen LogP contribution in [0.15, 0.2) is 24.3 Å². The summed E-state index contributed by atoms with van der Waals surface area (Å²) >= 11 is 0. The van der Waals surface area contributed by atoms with E-state index in [-0.39, 0.29) is 0 Å². The number of piperidine rings is 3. The van der Waals surface area contributed by atoms with E-state index in [0.717, 1.165) is 12.0 Å². The SMILES string of the molecule is c1ccc2c(c1)CCN(C1CN3CCC1CC3)C2. The fraction of sp³-hybridized carbons (Fsp3) is 0.625. The highest BCUT2D eigenvalue weighted by Crippen LogP contribution is 2.33. The maximum Gasteiger partial charge on any atom is 0.0256 e. The average molecular weight is 242 g/mol. The molecule has 2 heteroatoms. The van der Waals surface area contributed by atoms with E-state index in [2.05, 4.69) is 34.1 Å². The highest BCUT2D eigenvalue weighted by atomic mass is 15.3. The predicted molar refractivity (Wildman–Crippen MR) is 73.5 cm³/mol. The monoisotopic (exact) mass is 242 g/mol. The molecule has 0 spiro atoms. The zero-order valence-electron chi connectivity index (χ0n) is 11.0. The number of nitrogens with zero attached hydrogens (tertiary/aromatic N) is 2. The first-order chi connectivity index (χ1) is 8.90. The Balaban J connectivity index is 1.54. The normalized spacial score (nSPS) is 35.4. The van der Waals surface area contributed by atoms with Crippen molar-refractivity contribution in [1.29, 1.82) is 0 Å². The molecule has 3 saturated heterocycles. The Bertz CT molecular complexity index is 434. The number of fused-ring (bicyclic) bond motifs is 4. The number of hydrogen-bond acceptors (Lipinski definition) is 2. The Labute approximate surface area is 110 Å². The summed E-state index contributed by atoms with van der Waals surface area (Å²) in [5, 5.41) is 0. The van der Waals surface area contributed by atoms with Crippen LogP contribution in [0.25, 0.3) is 0 Å². The van der Waals surface area contributed by atoms with Gasteiger partial charge in [-0.2, -0.15) is 0 Å². The second-order valence-electron chi connectivity index (χ2n) is 6.19. The maximum absolute atomic E-state index is 2.76. The van der Waals surface area contributed by atoms with Crippen molar-refractivity contribution in [3.05, 3.63) is 35.4 Å². The van der Waals surface area contributed by atoms with Gasteiger partial charge in [0.05, 0.1) is 0 Å². The molecule has 2 bridgehead atoms. The molecule has 0 radical (unpaired) electrons. The molecule has 0 saturated carbocycles. The van der Waals surface area contributed by atoms with Crippen LogP contribution in [0.1, 0.15) is 24.0 Å². The Morgan fingerprint density at radius 1 is 0.944 bits per heavy atom. The van der Waals surface area contributed by atoms with Gasteiger partial charge in [-0.05, 0) is 49.4 Å². The summed E-state index contributed by atoms with van der Waals surface area (Å²) in [6.07, 6.45) is 4.12. The summed E-state index contributed by atoms with van der Waals surface area (Å²) in [4.78, 5) is 5.43. The lowest BCUT2D eigenvalue weighted by Gasteiger charge is -2.50. The minimum atomic E-state index is 0.834. The molecule has 4 heterocycles. The minimum absolute atomic E-state index is 0.834. The van der Waals surface area contributed by atoms with E-state index in [1.807, 2.05) is 0 Å². The molecule has 18 heavy (non-hydrogen) atoms. The average Bonchev–Trinajstić information content (AvgIpc) is 2.48. The number of hydrogen-bond donors (Lipinski definition) is 0. The first kappa shape index (κ1) is 11.0. The molecule has 0 aromatic heterocycles. The van der Waals surface area contributed by atoms with E-state index >= 15 is 0 Å². The fourth-order valence-electron chi connectivity index (χ4n) is 4.15. The maximum atomic E-state index is 2.76. The van der Waals surface area contributed by atoms with E-state index in [1.54, 1.807) is 11.1 Å². The second-order valence-corrected chi connectivity index (χ2v) is 6.19. The standard InChI is InChI=1S/C16H22N2/c1-2-4-15-11-18(10-7-13(15)3-1)16-12-17-8-5-14(16)6-9-17/h1-4,14,16H,5-12H2. The third-order valence-corrected chi connectivity index (χ3v) is 5.25. The van der Waals surface area contributed by atoms with Crippen molar-refractivity contribution >= 4 is 0 Å². The largest absolute Gasteiger partial charge is 0.302 e. The Morgan fingerprint density at radius 3 is 2.44 bits per heavy atom. The zero-order valence-corrected chi connectivity index (χ0v) is 11.0. The quantitative estimate of drug-likeness (QED) is 0.744. The molecule has 0 amide bonds. The van der Waals surface area contributed by atoms with Crippen LogP contribution in [0.5, 0.6) is 0 Å². The van der Waals surface area contributed by atoms with Crippen molar-refractivity contribution in [2.45, 2.75) is 31.8 Å². The van der Waals surface area contributed by atoms with Crippen molar-refractivity contribution in [2.24, 2.45) is 5.92 Å². The molecule has 96 valence electrons. The number of rotatable bonds is 1. The molecule has 0 aliphatic carbocycles. The molecule has 1 atom stereocenters. The van der Waals surface area contributed by atoms with Crippen LogP contribution >= 0.6 is 0 Å². The summed E-state index contributed by atoms with van der Waals surface area (Å²) in [6.45, 7) is 6.49. The van der Waals surface area contributed by atoms with E-state index in [0.29, 0.717) is 0 Å². The minimum Gasteiger partial charge on any atom is -0.302 e. The van der Waals surface area contributed by atoms with Gasteiger partial charge in [0.25, 0.3) is 0 Å². The smallest absolute Gasteiger partial charge is 0.0256 e. The van der Waals surface area contributed by atoms with Crippen molar-refractivity contribution in [3.63, 3.8) is 0 Å². The molecule has 0 N–H and O–H groups in total. The van der Waals surface area contributed by atoms with Crippen LogP contribution < -0.4 is 0 Å². The molecule has 1 aromatic rings. The summed E-state index contributed by atoms with van der Waals surface area (Å²) in [7, 11) is 0.